The number of carbonyl (C=O) groups is 1. The average molecular weight is 486 g/mol. The first-order valence-electron chi connectivity index (χ1n) is 10.1. The molecule has 0 radical (unpaired) electrons. The molecule has 3 rings (SSSR count). The van der Waals surface area contributed by atoms with Gasteiger partial charge < -0.3 is 20.5 Å². The van der Waals surface area contributed by atoms with E-state index in [0.29, 0.717) is 30.0 Å². The van der Waals surface area contributed by atoms with Crippen LogP contribution in [0.25, 0.3) is 0 Å². The molecule has 0 aliphatic carbocycles. The molecule has 0 aromatic heterocycles. The molecule has 1 heterocycles. The van der Waals surface area contributed by atoms with Gasteiger partial charge in [0.25, 0.3) is 0 Å². The Balaban J connectivity index is 1.47. The van der Waals surface area contributed by atoms with Gasteiger partial charge in [-0.1, -0.05) is 23.7 Å². The summed E-state index contributed by atoms with van der Waals surface area (Å²) < 4.78 is 46.5. The van der Waals surface area contributed by atoms with Crippen molar-refractivity contribution in [2.45, 2.75) is 42.4 Å². The highest BCUT2D eigenvalue weighted by molar-refractivity contribution is 7.89. The topological polar surface area (TPSA) is 117 Å². The van der Waals surface area contributed by atoms with Gasteiger partial charge in [0.2, 0.25) is 10.0 Å². The number of carbonyl (C=O) groups excluding carboxylic acids is 1. The van der Waals surface area contributed by atoms with Crippen LogP contribution < -0.4 is 15.4 Å². The number of aliphatic hydroxyl groups is 1. The number of ether oxygens (including phenoxy) is 1. The molecule has 174 valence electrons. The number of halogens is 2. The minimum atomic E-state index is -3.97. The zero-order chi connectivity index (χ0) is 23.1. The van der Waals surface area contributed by atoms with Crippen LogP contribution in [0.4, 0.5) is 14.9 Å². The summed E-state index contributed by atoms with van der Waals surface area (Å²) in [6.45, 7) is -0.252. The van der Waals surface area contributed by atoms with Crippen molar-refractivity contribution >= 4 is 33.3 Å². The van der Waals surface area contributed by atoms with E-state index in [1.54, 1.807) is 24.3 Å². The van der Waals surface area contributed by atoms with Crippen LogP contribution >= 0.6 is 11.6 Å². The van der Waals surface area contributed by atoms with Crippen molar-refractivity contribution in [1.82, 2.24) is 10.0 Å². The second kappa shape index (κ2) is 11.1. The molecule has 2 aromatic rings. The van der Waals surface area contributed by atoms with E-state index < -0.39 is 38.9 Å². The van der Waals surface area contributed by atoms with Crippen LogP contribution in [0.1, 0.15) is 19.3 Å². The van der Waals surface area contributed by atoms with Gasteiger partial charge in [0.15, 0.2) is 0 Å². The molecule has 0 saturated carbocycles. The van der Waals surface area contributed by atoms with E-state index in [9.17, 15) is 22.7 Å². The Morgan fingerprint density at radius 3 is 2.56 bits per heavy atom. The molecule has 0 spiro atoms. The minimum Gasteiger partial charge on any atom is -0.394 e. The van der Waals surface area contributed by atoms with Crippen molar-refractivity contribution in [2.24, 2.45) is 0 Å². The summed E-state index contributed by atoms with van der Waals surface area (Å²) in [4.78, 5) is 11.8. The first-order valence-corrected chi connectivity index (χ1v) is 12.0. The predicted octanol–water partition coefficient (Wildman–Crippen LogP) is 2.88. The van der Waals surface area contributed by atoms with Gasteiger partial charge in [0, 0.05) is 17.3 Å². The van der Waals surface area contributed by atoms with E-state index in [0.717, 1.165) is 6.07 Å². The number of benzene rings is 2. The lowest BCUT2D eigenvalue weighted by atomic mass is 9.97. The maximum atomic E-state index is 13.7. The normalized spacial score (nSPS) is 21.2. The molecule has 4 N–H and O–H groups in total. The molecule has 1 aliphatic heterocycles. The Hall–Kier alpha value is -2.24. The first-order chi connectivity index (χ1) is 15.3. The van der Waals surface area contributed by atoms with Crippen LogP contribution in [-0.4, -0.2) is 51.0 Å². The summed E-state index contributed by atoms with van der Waals surface area (Å²) in [5.74, 6) is -0.819. The van der Waals surface area contributed by atoms with Crippen molar-refractivity contribution < 1.29 is 27.4 Å². The van der Waals surface area contributed by atoms with Gasteiger partial charge >= 0.3 is 6.03 Å². The van der Waals surface area contributed by atoms with Crippen molar-refractivity contribution in [1.29, 1.82) is 0 Å². The molecule has 2 amide bonds. The maximum absolute atomic E-state index is 13.7. The zero-order valence-corrected chi connectivity index (χ0v) is 18.7. The van der Waals surface area contributed by atoms with Crippen molar-refractivity contribution in [3.8, 4) is 0 Å². The molecular formula is C21H25ClFN3O5S. The summed E-state index contributed by atoms with van der Waals surface area (Å²) >= 11 is 5.83. The third-order valence-electron chi connectivity index (χ3n) is 5.10. The fraction of sp³-hybridized carbons (Fsp3) is 0.381. The van der Waals surface area contributed by atoms with Gasteiger partial charge in [0.05, 0.1) is 18.8 Å². The summed E-state index contributed by atoms with van der Waals surface area (Å²) in [6.07, 6.45) is 0.502. The monoisotopic (exact) mass is 485 g/mol. The van der Waals surface area contributed by atoms with Gasteiger partial charge in [-0.15, -0.1) is 0 Å². The molecule has 0 unspecified atom stereocenters. The highest BCUT2D eigenvalue weighted by Gasteiger charge is 2.32. The van der Waals surface area contributed by atoms with E-state index in [1.165, 1.54) is 18.2 Å². The molecule has 3 atom stereocenters. The van der Waals surface area contributed by atoms with E-state index in [2.05, 4.69) is 15.4 Å². The van der Waals surface area contributed by atoms with Crippen LogP contribution in [0.3, 0.4) is 0 Å². The predicted molar refractivity (Wildman–Crippen MR) is 119 cm³/mol. The lowest BCUT2D eigenvalue weighted by Crippen LogP contribution is -2.52. The first kappa shape index (κ1) is 24.4. The Morgan fingerprint density at radius 1 is 1.16 bits per heavy atom. The highest BCUT2D eigenvalue weighted by Crippen LogP contribution is 2.22. The summed E-state index contributed by atoms with van der Waals surface area (Å²) in [7, 11) is -3.97. The van der Waals surface area contributed by atoms with E-state index in [4.69, 9.17) is 16.3 Å². The fourth-order valence-corrected chi connectivity index (χ4v) is 4.72. The third kappa shape index (κ3) is 6.63. The van der Waals surface area contributed by atoms with E-state index >= 15 is 0 Å². The number of aliphatic hydroxyl groups excluding tert-OH is 1. The van der Waals surface area contributed by atoms with Gasteiger partial charge in [-0.3, -0.25) is 0 Å². The molecule has 0 bridgehead atoms. The minimum absolute atomic E-state index is 0.0502. The number of rotatable bonds is 8. The number of urea groups is 1. The van der Waals surface area contributed by atoms with Crippen LogP contribution in [0.15, 0.2) is 53.4 Å². The maximum Gasteiger partial charge on any atom is 0.319 e. The van der Waals surface area contributed by atoms with Gasteiger partial charge in [0.1, 0.15) is 16.8 Å². The second-order valence-electron chi connectivity index (χ2n) is 7.39. The lowest BCUT2D eigenvalue weighted by molar-refractivity contribution is -0.0884. The Bertz CT molecular complexity index is 1020. The highest BCUT2D eigenvalue weighted by atomic mass is 35.5. The molecule has 1 fully saturated rings. The van der Waals surface area contributed by atoms with Gasteiger partial charge in [-0.2, -0.15) is 0 Å². The molecule has 8 nitrogen and oxygen atoms in total. The molecule has 32 heavy (non-hydrogen) atoms. The van der Waals surface area contributed by atoms with Crippen LogP contribution in [0, 0.1) is 5.82 Å². The van der Waals surface area contributed by atoms with Gasteiger partial charge in [-0.25, -0.2) is 22.3 Å². The Kier molecular flexibility index (Phi) is 8.44. The number of sulfonamides is 1. The summed E-state index contributed by atoms with van der Waals surface area (Å²) in [5.41, 5.74) is 0.573. The molecule has 2 aromatic carbocycles. The Morgan fingerprint density at radius 2 is 1.88 bits per heavy atom. The van der Waals surface area contributed by atoms with Crippen LogP contribution in [0.5, 0.6) is 0 Å². The zero-order valence-electron chi connectivity index (χ0n) is 17.1. The van der Waals surface area contributed by atoms with Crippen LogP contribution in [-0.2, 0) is 14.8 Å². The summed E-state index contributed by atoms with van der Waals surface area (Å²) in [5, 5.41) is 15.7. The number of hydrogen-bond donors (Lipinski definition) is 4. The van der Waals surface area contributed by atoms with Crippen molar-refractivity contribution in [3.63, 3.8) is 0 Å². The second-order valence-corrected chi connectivity index (χ2v) is 9.56. The smallest absolute Gasteiger partial charge is 0.319 e. The van der Waals surface area contributed by atoms with Crippen LogP contribution in [0.2, 0.25) is 5.02 Å². The lowest BCUT2D eigenvalue weighted by Gasteiger charge is -2.36. The summed E-state index contributed by atoms with van der Waals surface area (Å²) in [6, 6.07) is 11.0. The largest absolute Gasteiger partial charge is 0.394 e. The van der Waals surface area contributed by atoms with Crippen molar-refractivity contribution in [2.75, 3.05) is 18.5 Å². The van der Waals surface area contributed by atoms with E-state index in [-0.39, 0.29) is 19.3 Å². The number of nitrogens with one attached hydrogen (secondary N) is 3. The standard InChI is InChI=1S/C21H25ClFN3O5S/c22-14-5-7-15(8-6-14)25-21(28)26-18-10-9-16(31-19(18)13-27)11-12-24-32(29,30)20-4-2-1-3-17(20)23/h1-8,16,18-19,24,27H,9-13H2,(H2,25,26,28)/t16-,18-,19+/m0/s1. The molecule has 11 heteroatoms. The van der Waals surface area contributed by atoms with Crippen molar-refractivity contribution in [3.05, 3.63) is 59.4 Å². The SMILES string of the molecule is O=C(Nc1ccc(Cl)cc1)N[C@H]1CC[C@@H](CCNS(=O)(=O)c2ccccc2F)O[C@@H]1CO. The Labute approximate surface area is 191 Å². The quantitative estimate of drug-likeness (QED) is 0.458. The van der Waals surface area contributed by atoms with Gasteiger partial charge in [-0.05, 0) is 55.7 Å². The average Bonchev–Trinajstić information content (AvgIpc) is 2.76. The number of hydrogen-bond acceptors (Lipinski definition) is 5. The number of anilines is 1. The number of amides is 2. The molecular weight excluding hydrogens is 461 g/mol. The molecule has 1 aliphatic rings. The molecule has 1 saturated heterocycles. The fourth-order valence-electron chi connectivity index (χ4n) is 3.47. The third-order valence-corrected chi connectivity index (χ3v) is 6.85. The van der Waals surface area contributed by atoms with E-state index in [1.807, 2.05) is 0 Å².